The average Bonchev–Trinajstić information content (AvgIpc) is 3.82. The van der Waals surface area contributed by atoms with Crippen molar-refractivity contribution >= 4 is 17.8 Å². The van der Waals surface area contributed by atoms with Crippen molar-refractivity contribution in [2.24, 2.45) is 5.92 Å². The van der Waals surface area contributed by atoms with Gasteiger partial charge in [0.15, 0.2) is 0 Å². The van der Waals surface area contributed by atoms with Crippen molar-refractivity contribution < 1.29 is 14.3 Å². The minimum absolute atomic E-state index is 0.140. The lowest BCUT2D eigenvalue weighted by atomic mass is 9.98. The van der Waals surface area contributed by atoms with Crippen LogP contribution < -0.4 is 15.0 Å². The van der Waals surface area contributed by atoms with Crippen molar-refractivity contribution in [3.05, 3.63) is 82.2 Å². The lowest BCUT2D eigenvalue weighted by Crippen LogP contribution is -2.41. The fraction of sp³-hybridized carbons (Fsp3) is 0.455. The Morgan fingerprint density at radius 2 is 1.85 bits per heavy atom. The van der Waals surface area contributed by atoms with Crippen LogP contribution in [0.5, 0.6) is 5.75 Å². The molecule has 1 aromatic heterocycles. The zero-order valence-corrected chi connectivity index (χ0v) is 24.1. The number of ether oxygens (including phenoxy) is 1. The highest BCUT2D eigenvalue weighted by molar-refractivity contribution is 5.96. The van der Waals surface area contributed by atoms with Crippen LogP contribution in [0.3, 0.4) is 0 Å². The Morgan fingerprint density at radius 3 is 2.63 bits per heavy atom. The Hall–Kier alpha value is -3.94. The Labute approximate surface area is 242 Å². The van der Waals surface area contributed by atoms with Crippen LogP contribution in [0.1, 0.15) is 81.6 Å². The van der Waals surface area contributed by atoms with Crippen LogP contribution in [0, 0.1) is 12.8 Å². The number of carbonyl (C=O) groups is 2. The van der Waals surface area contributed by atoms with Gasteiger partial charge in [-0.25, -0.2) is 9.97 Å². The predicted molar refractivity (Wildman–Crippen MR) is 159 cm³/mol. The molecule has 1 N–H and O–H groups in total. The molecule has 6 rings (SSSR count). The molecule has 2 amide bonds. The molecular formula is C33H39N5O3. The van der Waals surface area contributed by atoms with Gasteiger partial charge in [0.05, 0.1) is 17.8 Å². The normalized spacial score (nSPS) is 18.6. The number of amides is 2. The Balaban J connectivity index is 1.23. The molecule has 3 aliphatic rings. The summed E-state index contributed by atoms with van der Waals surface area (Å²) in [5, 5.41) is 2.99. The molecule has 1 aliphatic carbocycles. The number of nitrogens with one attached hydrogen (secondary N) is 1. The van der Waals surface area contributed by atoms with Gasteiger partial charge in [0.2, 0.25) is 5.95 Å². The number of aryl methyl sites for hydroxylation is 1. The highest BCUT2D eigenvalue weighted by Gasteiger charge is 2.25. The third kappa shape index (κ3) is 6.37. The lowest BCUT2D eigenvalue weighted by Gasteiger charge is -2.30. The molecule has 0 radical (unpaired) electrons. The molecule has 3 heterocycles. The molecule has 2 bridgehead atoms. The summed E-state index contributed by atoms with van der Waals surface area (Å²) in [4.78, 5) is 40.0. The molecular weight excluding hydrogens is 514 g/mol. The van der Waals surface area contributed by atoms with Crippen LogP contribution in [-0.2, 0) is 6.42 Å². The van der Waals surface area contributed by atoms with Gasteiger partial charge in [0, 0.05) is 44.4 Å². The molecule has 2 aromatic carbocycles. The summed E-state index contributed by atoms with van der Waals surface area (Å²) < 4.78 is 6.31. The smallest absolute Gasteiger partial charge is 0.257 e. The quantitative estimate of drug-likeness (QED) is 0.504. The lowest BCUT2D eigenvalue weighted by molar-refractivity contribution is 0.0722. The van der Waals surface area contributed by atoms with Crippen molar-refractivity contribution in [1.82, 2.24) is 20.2 Å². The largest absolute Gasteiger partial charge is 0.491 e. The summed E-state index contributed by atoms with van der Waals surface area (Å²) in [6.07, 6.45) is 7.04. The van der Waals surface area contributed by atoms with E-state index in [1.807, 2.05) is 25.1 Å². The number of nitrogens with zero attached hydrogens (tertiary/aromatic N) is 4. The van der Waals surface area contributed by atoms with Crippen molar-refractivity contribution in [2.75, 3.05) is 44.2 Å². The van der Waals surface area contributed by atoms with Crippen molar-refractivity contribution in [2.45, 2.75) is 51.9 Å². The van der Waals surface area contributed by atoms with E-state index < -0.39 is 0 Å². The van der Waals surface area contributed by atoms with Gasteiger partial charge in [0.1, 0.15) is 12.4 Å². The van der Waals surface area contributed by atoms with E-state index in [-0.39, 0.29) is 11.8 Å². The first-order chi connectivity index (χ1) is 19.9. The van der Waals surface area contributed by atoms with Crippen LogP contribution in [0.25, 0.3) is 0 Å². The third-order valence-corrected chi connectivity index (χ3v) is 8.55. The molecule has 214 valence electrons. The van der Waals surface area contributed by atoms with Crippen molar-refractivity contribution in [1.29, 1.82) is 0 Å². The third-order valence-electron chi connectivity index (χ3n) is 8.55. The van der Waals surface area contributed by atoms with E-state index in [9.17, 15) is 9.59 Å². The molecule has 0 spiro atoms. The molecule has 1 saturated heterocycles. The number of aromatic nitrogens is 2. The van der Waals surface area contributed by atoms with E-state index in [2.05, 4.69) is 46.4 Å². The predicted octanol–water partition coefficient (Wildman–Crippen LogP) is 4.75. The number of anilines is 1. The Kier molecular flexibility index (Phi) is 7.90. The molecule has 2 aliphatic heterocycles. The van der Waals surface area contributed by atoms with E-state index in [0.29, 0.717) is 61.3 Å². The van der Waals surface area contributed by atoms with Crippen LogP contribution in [-0.4, -0.2) is 66.0 Å². The number of rotatable bonds is 3. The molecule has 0 unspecified atom stereocenters. The van der Waals surface area contributed by atoms with Crippen LogP contribution in [0.15, 0.2) is 48.7 Å². The van der Waals surface area contributed by atoms with Crippen LogP contribution in [0.2, 0.25) is 0 Å². The zero-order valence-electron chi connectivity index (χ0n) is 24.1. The van der Waals surface area contributed by atoms with Gasteiger partial charge in [-0.05, 0) is 79.3 Å². The van der Waals surface area contributed by atoms with E-state index in [4.69, 9.17) is 9.72 Å². The summed E-state index contributed by atoms with van der Waals surface area (Å²) in [5.41, 5.74) is 5.28. The molecule has 3 aromatic rings. The van der Waals surface area contributed by atoms with Crippen molar-refractivity contribution in [3.63, 3.8) is 0 Å². The minimum atomic E-state index is -0.155. The second kappa shape index (κ2) is 11.9. The molecule has 1 saturated carbocycles. The summed E-state index contributed by atoms with van der Waals surface area (Å²) >= 11 is 0. The van der Waals surface area contributed by atoms with E-state index in [1.165, 1.54) is 18.4 Å². The second-order valence-corrected chi connectivity index (χ2v) is 11.8. The van der Waals surface area contributed by atoms with Crippen LogP contribution in [0.4, 0.5) is 5.95 Å². The fourth-order valence-electron chi connectivity index (χ4n) is 5.77. The first-order valence-corrected chi connectivity index (χ1v) is 14.9. The van der Waals surface area contributed by atoms with Gasteiger partial charge in [-0.2, -0.15) is 0 Å². The van der Waals surface area contributed by atoms with Crippen molar-refractivity contribution in [3.8, 4) is 5.75 Å². The average molecular weight is 554 g/mol. The Bertz CT molecular complexity index is 1430. The van der Waals surface area contributed by atoms with Crippen LogP contribution >= 0.6 is 0 Å². The van der Waals surface area contributed by atoms with Gasteiger partial charge in [-0.3, -0.25) is 9.59 Å². The molecule has 0 atom stereocenters. The minimum Gasteiger partial charge on any atom is -0.491 e. The highest BCUT2D eigenvalue weighted by Crippen LogP contribution is 2.41. The number of fused-ring (bicyclic) bond motifs is 3. The van der Waals surface area contributed by atoms with Gasteiger partial charge < -0.3 is 19.9 Å². The molecule has 2 fully saturated rings. The summed E-state index contributed by atoms with van der Waals surface area (Å²) in [5.74, 6) is 2.57. The number of piperidine rings is 1. The van der Waals surface area contributed by atoms with Gasteiger partial charge in [-0.15, -0.1) is 0 Å². The van der Waals surface area contributed by atoms with Gasteiger partial charge in [-0.1, -0.05) is 31.2 Å². The van der Waals surface area contributed by atoms with Gasteiger partial charge >= 0.3 is 0 Å². The number of hydrogen-bond donors (Lipinski definition) is 1. The fourth-order valence-corrected chi connectivity index (χ4v) is 5.77. The molecule has 8 heteroatoms. The number of carbonyl (C=O) groups excluding carboxylic acids is 2. The SMILES string of the molecule is Cc1nc(N2CCC(C)CC2)ncc1C(=O)N1CCNC(=O)c2cccc(c2)Cc2cc(C3CC3)ccc2OCC1. The molecule has 41 heavy (non-hydrogen) atoms. The first kappa shape index (κ1) is 27.2. The summed E-state index contributed by atoms with van der Waals surface area (Å²) in [6.45, 7) is 7.43. The molecule has 8 nitrogen and oxygen atoms in total. The number of hydrogen-bond acceptors (Lipinski definition) is 6. The topological polar surface area (TPSA) is 87.7 Å². The monoisotopic (exact) mass is 553 g/mol. The zero-order chi connectivity index (χ0) is 28.3. The van der Waals surface area contributed by atoms with E-state index in [1.54, 1.807) is 11.1 Å². The highest BCUT2D eigenvalue weighted by atomic mass is 16.5. The standard InChI is InChI=1S/C33H39N5O3/c1-22-10-13-38(14-11-22)33-35-21-29(23(2)36-33)32(40)37-15-12-34-31(39)27-5-3-4-24(18-27)19-28-20-26(25-6-7-25)8-9-30(28)41-17-16-37/h3-5,8-9,18,20-22,25H,6-7,10-17,19H2,1-2H3,(H,34,39). The Morgan fingerprint density at radius 1 is 1.02 bits per heavy atom. The first-order valence-electron chi connectivity index (χ1n) is 14.9. The van der Waals surface area contributed by atoms with Gasteiger partial charge in [0.25, 0.3) is 11.8 Å². The number of benzene rings is 2. The summed E-state index contributed by atoms with van der Waals surface area (Å²) in [7, 11) is 0. The second-order valence-electron chi connectivity index (χ2n) is 11.8. The maximum Gasteiger partial charge on any atom is 0.257 e. The van der Waals surface area contributed by atoms with E-state index in [0.717, 1.165) is 48.7 Å². The maximum absolute atomic E-state index is 13.8. The maximum atomic E-state index is 13.8. The van der Waals surface area contributed by atoms with E-state index >= 15 is 0 Å². The summed E-state index contributed by atoms with van der Waals surface area (Å²) in [6, 6.07) is 14.2.